The molecule has 0 saturated carbocycles. The fourth-order valence-corrected chi connectivity index (χ4v) is 4.45. The van der Waals surface area contributed by atoms with E-state index in [0.717, 1.165) is 11.2 Å². The summed E-state index contributed by atoms with van der Waals surface area (Å²) in [5, 5.41) is 15.4. The second-order valence-corrected chi connectivity index (χ2v) is 9.82. The van der Waals surface area contributed by atoms with Gasteiger partial charge in [0.05, 0.1) is 6.54 Å². The first-order valence-corrected chi connectivity index (χ1v) is 12.3. The van der Waals surface area contributed by atoms with Crippen LogP contribution < -0.4 is 10.6 Å². The molecule has 37 heavy (non-hydrogen) atoms. The predicted molar refractivity (Wildman–Crippen MR) is 136 cm³/mol. The second-order valence-electron chi connectivity index (χ2n) is 9.82. The summed E-state index contributed by atoms with van der Waals surface area (Å²) in [6.45, 7) is 4.68. The van der Waals surface area contributed by atoms with Gasteiger partial charge < -0.3 is 10.6 Å². The molecular formula is C26H30F2N8O. The number of carbonyl (C=O) groups excluding carboxylic acids is 1. The van der Waals surface area contributed by atoms with Crippen LogP contribution in [0.1, 0.15) is 42.9 Å². The topological polar surface area (TPSA) is 92.4 Å². The summed E-state index contributed by atoms with van der Waals surface area (Å²) in [6, 6.07) is 10.8. The van der Waals surface area contributed by atoms with E-state index in [9.17, 15) is 13.6 Å². The number of aryl methyl sites for hydroxylation is 2. The van der Waals surface area contributed by atoms with Crippen molar-refractivity contribution in [3.8, 4) is 0 Å². The van der Waals surface area contributed by atoms with Crippen LogP contribution in [0, 0.1) is 12.7 Å². The third-order valence-electron chi connectivity index (χ3n) is 6.80. The number of aromatic nitrogens is 5. The Bertz CT molecular complexity index is 1380. The number of halogens is 2. The fraction of sp³-hybridized carbons (Fsp3) is 0.385. The standard InChI is InChI=1S/C26H30F2N8O/c1-17-15-21(32-34(17)3)29-24-20-5-4-12-36(20)33-25(31-24)23(18-6-8-19(27)9-7-18)30-22(37)16-35-13-10-26(2,28)11-14-35/h4-9,12,15,23H,10-11,13-14,16H2,1-3H3,(H,30,37)(H,29,31,32,33). The number of nitrogens with one attached hydrogen (secondary N) is 2. The molecule has 1 saturated heterocycles. The van der Waals surface area contributed by atoms with Gasteiger partial charge in [0, 0.05) is 38.1 Å². The molecule has 5 rings (SSSR count). The number of nitrogens with zero attached hydrogens (tertiary/aromatic N) is 6. The maximum Gasteiger partial charge on any atom is 0.235 e. The Hall–Kier alpha value is -3.86. The summed E-state index contributed by atoms with van der Waals surface area (Å²) < 4.78 is 31.3. The Morgan fingerprint density at radius 3 is 2.57 bits per heavy atom. The van der Waals surface area contributed by atoms with Crippen LogP contribution in [0.15, 0.2) is 48.7 Å². The van der Waals surface area contributed by atoms with Crippen LogP contribution in [0.25, 0.3) is 5.52 Å². The highest BCUT2D eigenvalue weighted by Crippen LogP contribution is 2.27. The molecule has 2 N–H and O–H groups in total. The summed E-state index contributed by atoms with van der Waals surface area (Å²) in [4.78, 5) is 19.8. The normalized spacial score (nSPS) is 16.6. The van der Waals surface area contributed by atoms with Gasteiger partial charge in [0.25, 0.3) is 0 Å². The van der Waals surface area contributed by atoms with Crippen LogP contribution in [-0.4, -0.2) is 60.5 Å². The molecule has 1 amide bonds. The number of rotatable bonds is 7. The first-order valence-electron chi connectivity index (χ1n) is 12.3. The molecule has 9 nitrogen and oxygen atoms in total. The zero-order valence-electron chi connectivity index (χ0n) is 21.1. The molecule has 194 valence electrons. The Morgan fingerprint density at radius 1 is 1.16 bits per heavy atom. The lowest BCUT2D eigenvalue weighted by Crippen LogP contribution is -2.45. The number of amides is 1. The molecular weight excluding hydrogens is 478 g/mol. The minimum atomic E-state index is -1.20. The zero-order chi connectivity index (χ0) is 26.2. The number of benzene rings is 1. The first-order chi connectivity index (χ1) is 17.7. The highest BCUT2D eigenvalue weighted by molar-refractivity contribution is 5.79. The van der Waals surface area contributed by atoms with E-state index in [4.69, 9.17) is 4.98 Å². The van der Waals surface area contributed by atoms with Crippen LogP contribution in [0.2, 0.25) is 0 Å². The highest BCUT2D eigenvalue weighted by Gasteiger charge is 2.31. The molecule has 3 aromatic heterocycles. The molecule has 1 aliphatic heterocycles. The van der Waals surface area contributed by atoms with Crippen LogP contribution in [0.4, 0.5) is 20.4 Å². The van der Waals surface area contributed by atoms with Crippen LogP contribution >= 0.6 is 0 Å². The van der Waals surface area contributed by atoms with E-state index < -0.39 is 11.7 Å². The van der Waals surface area contributed by atoms with Crippen LogP contribution in [-0.2, 0) is 11.8 Å². The van der Waals surface area contributed by atoms with E-state index in [1.165, 1.54) is 12.1 Å². The van der Waals surface area contributed by atoms with Crippen molar-refractivity contribution in [3.05, 3.63) is 71.6 Å². The van der Waals surface area contributed by atoms with Crippen molar-refractivity contribution in [3.63, 3.8) is 0 Å². The average Bonchev–Trinajstić information content (AvgIpc) is 3.45. The maximum atomic E-state index is 14.2. The summed E-state index contributed by atoms with van der Waals surface area (Å²) in [6.07, 6.45) is 2.56. The number of fused-ring (bicyclic) bond motifs is 1. The number of alkyl halides is 1. The third kappa shape index (κ3) is 5.61. The predicted octanol–water partition coefficient (Wildman–Crippen LogP) is 3.68. The molecule has 4 aromatic rings. The summed E-state index contributed by atoms with van der Waals surface area (Å²) in [5.74, 6) is 0.843. The van der Waals surface area contributed by atoms with Gasteiger partial charge in [0.15, 0.2) is 17.5 Å². The first kappa shape index (κ1) is 24.8. The number of anilines is 2. The van der Waals surface area contributed by atoms with Gasteiger partial charge in [0.1, 0.15) is 23.0 Å². The van der Waals surface area contributed by atoms with Crippen molar-refractivity contribution >= 4 is 23.1 Å². The van der Waals surface area contributed by atoms with Crippen LogP contribution in [0.3, 0.4) is 0 Å². The van der Waals surface area contributed by atoms with Gasteiger partial charge in [-0.25, -0.2) is 18.3 Å². The maximum absolute atomic E-state index is 14.2. The van der Waals surface area contributed by atoms with Crippen LogP contribution in [0.5, 0.6) is 0 Å². The smallest absolute Gasteiger partial charge is 0.235 e. The molecule has 1 atom stereocenters. The fourth-order valence-electron chi connectivity index (χ4n) is 4.45. The minimum absolute atomic E-state index is 0.123. The molecule has 0 radical (unpaired) electrons. The lowest BCUT2D eigenvalue weighted by atomic mass is 9.96. The van der Waals surface area contributed by atoms with E-state index in [1.807, 2.05) is 37.1 Å². The molecule has 4 heterocycles. The quantitative estimate of drug-likeness (QED) is 0.396. The van der Waals surface area contributed by atoms with Gasteiger partial charge in [-0.15, -0.1) is 5.10 Å². The van der Waals surface area contributed by atoms with E-state index in [1.54, 1.807) is 34.5 Å². The van der Waals surface area contributed by atoms with Crippen molar-refractivity contribution in [2.45, 2.75) is 38.4 Å². The summed E-state index contributed by atoms with van der Waals surface area (Å²) in [5.41, 5.74) is 1.15. The van der Waals surface area contributed by atoms with E-state index in [2.05, 4.69) is 20.8 Å². The zero-order valence-corrected chi connectivity index (χ0v) is 21.1. The molecule has 11 heteroatoms. The Balaban J connectivity index is 1.45. The molecule has 0 aliphatic carbocycles. The third-order valence-corrected chi connectivity index (χ3v) is 6.80. The summed E-state index contributed by atoms with van der Waals surface area (Å²) >= 11 is 0. The summed E-state index contributed by atoms with van der Waals surface area (Å²) in [7, 11) is 1.86. The number of hydrogen-bond donors (Lipinski definition) is 2. The van der Waals surface area contributed by atoms with Gasteiger partial charge in [-0.3, -0.25) is 14.4 Å². The Morgan fingerprint density at radius 2 is 1.89 bits per heavy atom. The SMILES string of the molecule is Cc1cc(Nc2nc(C(NC(=O)CN3CCC(C)(F)CC3)c3ccc(F)cc3)nn3cccc23)nn1C. The number of piperidine rings is 1. The number of likely N-dealkylation sites (tertiary alicyclic amines) is 1. The molecule has 1 aromatic carbocycles. The minimum Gasteiger partial charge on any atom is -0.341 e. The van der Waals surface area contributed by atoms with Crippen molar-refractivity contribution in [1.82, 2.24) is 34.6 Å². The number of carbonyl (C=O) groups is 1. The monoisotopic (exact) mass is 508 g/mol. The van der Waals surface area contributed by atoms with Gasteiger partial charge in [-0.1, -0.05) is 12.1 Å². The lowest BCUT2D eigenvalue weighted by molar-refractivity contribution is -0.123. The van der Waals surface area contributed by atoms with E-state index in [-0.39, 0.29) is 18.3 Å². The second kappa shape index (κ2) is 9.89. The van der Waals surface area contributed by atoms with Gasteiger partial charge >= 0.3 is 0 Å². The number of hydrogen-bond acceptors (Lipinski definition) is 6. The van der Waals surface area contributed by atoms with Gasteiger partial charge in [-0.05, 0) is 56.5 Å². The van der Waals surface area contributed by atoms with E-state index in [0.29, 0.717) is 49.0 Å². The lowest BCUT2D eigenvalue weighted by Gasteiger charge is -2.33. The van der Waals surface area contributed by atoms with Crippen molar-refractivity contribution in [1.29, 1.82) is 0 Å². The largest absolute Gasteiger partial charge is 0.341 e. The molecule has 1 aliphatic rings. The molecule has 0 spiro atoms. The molecule has 0 bridgehead atoms. The van der Waals surface area contributed by atoms with Crippen molar-refractivity contribution < 1.29 is 13.6 Å². The Labute approximate surface area is 213 Å². The van der Waals surface area contributed by atoms with Crippen molar-refractivity contribution in [2.75, 3.05) is 25.0 Å². The Kier molecular flexibility index (Phi) is 6.63. The molecule has 1 fully saturated rings. The highest BCUT2D eigenvalue weighted by atomic mass is 19.1. The average molecular weight is 509 g/mol. The van der Waals surface area contributed by atoms with Gasteiger partial charge in [-0.2, -0.15) is 5.10 Å². The van der Waals surface area contributed by atoms with Crippen molar-refractivity contribution in [2.24, 2.45) is 7.05 Å². The van der Waals surface area contributed by atoms with E-state index >= 15 is 0 Å². The molecule has 1 unspecified atom stereocenters. The van der Waals surface area contributed by atoms with Gasteiger partial charge in [0.2, 0.25) is 5.91 Å².